The van der Waals surface area contributed by atoms with Gasteiger partial charge < -0.3 is 9.67 Å². The van der Waals surface area contributed by atoms with E-state index < -0.39 is 0 Å². The summed E-state index contributed by atoms with van der Waals surface area (Å²) >= 11 is 0. The van der Waals surface area contributed by atoms with Gasteiger partial charge in [0, 0.05) is 24.0 Å². The molecule has 2 atom stereocenters. The minimum Gasteiger partial charge on any atom is -0.388 e. The molecule has 1 aromatic rings. The number of hydrogen-bond acceptors (Lipinski definition) is 1. The number of rotatable bonds is 3. The Morgan fingerprint density at radius 1 is 1.39 bits per heavy atom. The van der Waals surface area contributed by atoms with E-state index in [4.69, 9.17) is 0 Å². The highest BCUT2D eigenvalue weighted by molar-refractivity contribution is 5.29. The first-order chi connectivity index (χ1) is 8.30. The molecule has 18 heavy (non-hydrogen) atoms. The minimum atomic E-state index is -0.278. The fraction of sp³-hybridized carbons (Fsp3) is 0.750. The second-order valence-corrected chi connectivity index (χ2v) is 7.15. The van der Waals surface area contributed by atoms with Crippen LogP contribution in [0.15, 0.2) is 12.3 Å². The van der Waals surface area contributed by atoms with Crippen LogP contribution in [-0.4, -0.2) is 9.67 Å². The second kappa shape index (κ2) is 4.73. The molecule has 2 rings (SSSR count). The van der Waals surface area contributed by atoms with E-state index in [0.717, 1.165) is 24.9 Å². The highest BCUT2D eigenvalue weighted by atomic mass is 16.3. The van der Waals surface area contributed by atoms with Gasteiger partial charge in [0.2, 0.25) is 0 Å². The topological polar surface area (TPSA) is 25.2 Å². The van der Waals surface area contributed by atoms with Crippen molar-refractivity contribution in [1.29, 1.82) is 0 Å². The fourth-order valence-electron chi connectivity index (χ4n) is 2.88. The van der Waals surface area contributed by atoms with Gasteiger partial charge in [-0.3, -0.25) is 0 Å². The Balaban J connectivity index is 2.25. The third-order valence-electron chi connectivity index (χ3n) is 4.49. The lowest BCUT2D eigenvalue weighted by Gasteiger charge is -2.34. The van der Waals surface area contributed by atoms with Gasteiger partial charge in [-0.05, 0) is 36.2 Å². The highest BCUT2D eigenvalue weighted by Gasteiger charge is 2.33. The van der Waals surface area contributed by atoms with E-state index in [1.165, 1.54) is 5.69 Å². The van der Waals surface area contributed by atoms with E-state index in [2.05, 4.69) is 51.4 Å². The van der Waals surface area contributed by atoms with E-state index in [-0.39, 0.29) is 11.5 Å². The third kappa shape index (κ3) is 2.64. The van der Waals surface area contributed by atoms with Crippen LogP contribution in [0.3, 0.4) is 0 Å². The molecule has 0 aromatic carbocycles. The first-order valence-electron chi connectivity index (χ1n) is 7.16. The van der Waals surface area contributed by atoms with Crippen LogP contribution in [0, 0.1) is 17.3 Å². The Kier molecular flexibility index (Phi) is 3.59. The van der Waals surface area contributed by atoms with E-state index >= 15 is 0 Å². The Morgan fingerprint density at radius 3 is 2.67 bits per heavy atom. The summed E-state index contributed by atoms with van der Waals surface area (Å²) in [6.45, 7) is 12.4. The molecule has 0 spiro atoms. The van der Waals surface area contributed by atoms with Crippen LogP contribution in [0.4, 0.5) is 0 Å². The van der Waals surface area contributed by atoms with Crippen molar-refractivity contribution in [3.63, 3.8) is 0 Å². The molecular weight excluding hydrogens is 222 g/mol. The van der Waals surface area contributed by atoms with Crippen LogP contribution in [0.1, 0.15) is 58.4 Å². The number of hydrogen-bond donors (Lipinski definition) is 1. The zero-order chi connectivity index (χ0) is 13.5. The number of fused-ring (bicyclic) bond motifs is 1. The normalized spacial score (nSPS) is 24.1. The van der Waals surface area contributed by atoms with Crippen molar-refractivity contribution >= 4 is 0 Å². The lowest BCUT2D eigenvalue weighted by atomic mass is 9.75. The lowest BCUT2D eigenvalue weighted by molar-refractivity contribution is 0.0975. The van der Waals surface area contributed by atoms with Gasteiger partial charge >= 0.3 is 0 Å². The van der Waals surface area contributed by atoms with E-state index in [9.17, 15) is 5.11 Å². The molecule has 1 heterocycles. The van der Waals surface area contributed by atoms with Crippen molar-refractivity contribution in [2.75, 3.05) is 0 Å². The van der Waals surface area contributed by atoms with Crippen molar-refractivity contribution in [3.05, 3.63) is 23.5 Å². The molecule has 1 N–H and O–H groups in total. The molecule has 0 bridgehead atoms. The van der Waals surface area contributed by atoms with Crippen molar-refractivity contribution in [2.45, 2.75) is 60.1 Å². The Bertz CT molecular complexity index is 417. The molecule has 102 valence electrons. The smallest absolute Gasteiger partial charge is 0.0812 e. The Hall–Kier alpha value is -0.760. The monoisotopic (exact) mass is 249 g/mol. The maximum atomic E-state index is 10.2. The van der Waals surface area contributed by atoms with Gasteiger partial charge in [-0.1, -0.05) is 34.6 Å². The van der Waals surface area contributed by atoms with E-state index in [0.29, 0.717) is 11.8 Å². The molecule has 0 saturated carbocycles. The van der Waals surface area contributed by atoms with Crippen LogP contribution in [-0.2, 0) is 13.0 Å². The Morgan fingerprint density at radius 2 is 2.06 bits per heavy atom. The van der Waals surface area contributed by atoms with Crippen LogP contribution >= 0.6 is 0 Å². The van der Waals surface area contributed by atoms with Crippen LogP contribution < -0.4 is 0 Å². The summed E-state index contributed by atoms with van der Waals surface area (Å²) in [6, 6.07) is 2.11. The molecule has 0 aliphatic heterocycles. The zero-order valence-corrected chi connectivity index (χ0v) is 12.4. The summed E-state index contributed by atoms with van der Waals surface area (Å²) in [6.07, 6.45) is 3.84. The first kappa shape index (κ1) is 13.7. The molecule has 1 aliphatic rings. The first-order valence-corrected chi connectivity index (χ1v) is 7.16. The van der Waals surface area contributed by atoms with E-state index in [1.807, 2.05) is 0 Å². The quantitative estimate of drug-likeness (QED) is 0.866. The minimum absolute atomic E-state index is 0.212. The average molecular weight is 249 g/mol. The number of aliphatic hydroxyl groups excluding tert-OH is 1. The van der Waals surface area contributed by atoms with Crippen LogP contribution in [0.25, 0.3) is 0 Å². The van der Waals surface area contributed by atoms with Gasteiger partial charge in [-0.15, -0.1) is 0 Å². The predicted molar refractivity (Wildman–Crippen MR) is 75.5 cm³/mol. The van der Waals surface area contributed by atoms with Crippen LogP contribution in [0.2, 0.25) is 0 Å². The molecule has 2 heteroatoms. The summed E-state index contributed by atoms with van der Waals surface area (Å²) in [7, 11) is 0. The predicted octanol–water partition coefficient (Wildman–Crippen LogP) is 3.79. The molecule has 0 saturated heterocycles. The van der Waals surface area contributed by atoms with Gasteiger partial charge in [0.1, 0.15) is 0 Å². The highest BCUT2D eigenvalue weighted by Crippen LogP contribution is 2.41. The van der Waals surface area contributed by atoms with Gasteiger partial charge in [-0.2, -0.15) is 0 Å². The van der Waals surface area contributed by atoms with Crippen molar-refractivity contribution in [2.24, 2.45) is 17.3 Å². The van der Waals surface area contributed by atoms with Gasteiger partial charge in [0.25, 0.3) is 0 Å². The number of aromatic nitrogens is 1. The number of aliphatic hydroxyl groups is 1. The maximum Gasteiger partial charge on any atom is 0.0812 e. The van der Waals surface area contributed by atoms with E-state index in [1.54, 1.807) is 0 Å². The fourth-order valence-corrected chi connectivity index (χ4v) is 2.88. The third-order valence-corrected chi connectivity index (χ3v) is 4.49. The molecular formula is C16H27NO. The summed E-state index contributed by atoms with van der Waals surface area (Å²) in [5.41, 5.74) is 2.72. The van der Waals surface area contributed by atoms with Gasteiger partial charge in [0.15, 0.2) is 0 Å². The summed E-state index contributed by atoms with van der Waals surface area (Å²) in [5.74, 6) is 1.37. The van der Waals surface area contributed by atoms with Crippen LogP contribution in [0.5, 0.6) is 0 Å². The zero-order valence-electron chi connectivity index (χ0n) is 12.4. The Labute approximate surface area is 111 Å². The summed E-state index contributed by atoms with van der Waals surface area (Å²) < 4.78 is 2.37. The molecule has 0 amide bonds. The molecule has 2 nitrogen and oxygen atoms in total. The van der Waals surface area contributed by atoms with Crippen molar-refractivity contribution in [3.8, 4) is 0 Å². The molecule has 0 radical (unpaired) electrons. The maximum absolute atomic E-state index is 10.2. The van der Waals surface area contributed by atoms with Crippen molar-refractivity contribution < 1.29 is 5.11 Å². The van der Waals surface area contributed by atoms with Gasteiger partial charge in [0.05, 0.1) is 6.10 Å². The lowest BCUT2D eigenvalue weighted by Crippen LogP contribution is -2.27. The molecule has 2 unspecified atom stereocenters. The second-order valence-electron chi connectivity index (χ2n) is 7.15. The van der Waals surface area contributed by atoms with Crippen molar-refractivity contribution in [1.82, 2.24) is 4.57 Å². The SMILES string of the molecule is CC(C)C(C)Cn1ccc2c1CC(C)(C)CC2O. The molecule has 0 fully saturated rings. The standard InChI is InChI=1S/C16H27NO/c1-11(2)12(3)10-17-7-6-13-14(17)8-16(4,5)9-15(13)18/h6-7,11-12,15,18H,8-10H2,1-5H3. The molecule has 1 aliphatic carbocycles. The summed E-state index contributed by atoms with van der Waals surface area (Å²) in [5, 5.41) is 10.2. The van der Waals surface area contributed by atoms with Gasteiger partial charge in [-0.25, -0.2) is 0 Å². The molecule has 1 aromatic heterocycles. The summed E-state index contributed by atoms with van der Waals surface area (Å²) in [4.78, 5) is 0. The largest absolute Gasteiger partial charge is 0.388 e. The number of nitrogens with zero attached hydrogens (tertiary/aromatic N) is 1. The average Bonchev–Trinajstić information content (AvgIpc) is 2.59.